The molecule has 3 heteroatoms. The van der Waals surface area contributed by atoms with Gasteiger partial charge in [0.25, 0.3) is 0 Å². The molecule has 226 valence electrons. The third-order valence-corrected chi connectivity index (χ3v) is 9.08. The summed E-state index contributed by atoms with van der Waals surface area (Å²) in [5, 5.41) is 3.21. The van der Waals surface area contributed by atoms with Crippen LogP contribution in [-0.4, -0.2) is 4.98 Å². The van der Waals surface area contributed by atoms with Gasteiger partial charge in [0.1, 0.15) is 11.2 Å². The van der Waals surface area contributed by atoms with Gasteiger partial charge in [-0.3, -0.25) is 4.98 Å². The average molecular weight is 615 g/mol. The van der Waals surface area contributed by atoms with Crippen LogP contribution >= 0.6 is 0 Å². The van der Waals surface area contributed by atoms with Crippen molar-refractivity contribution in [2.24, 2.45) is 0 Å². The highest BCUT2D eigenvalue weighted by Crippen LogP contribution is 2.43. The van der Waals surface area contributed by atoms with Crippen molar-refractivity contribution in [3.05, 3.63) is 182 Å². The summed E-state index contributed by atoms with van der Waals surface area (Å²) in [4.78, 5) is 7.35. The Kier molecular flexibility index (Phi) is 6.80. The standard InChI is InChI=1S/C45H30N2O/c1-3-12-31(13-4-1)32-22-24-33(25-23-32)35-16-11-17-37(26-35)47(43-20-9-7-18-39(43)34-14-5-2-6-15-34)38-27-36-28-45-41(29-42(36)46-30-38)40-19-8-10-21-44(40)48-45/h1-30H. The summed E-state index contributed by atoms with van der Waals surface area (Å²) >= 11 is 0. The number of benzene rings is 7. The highest BCUT2D eigenvalue weighted by atomic mass is 16.3. The Morgan fingerprint density at radius 2 is 1.06 bits per heavy atom. The lowest BCUT2D eigenvalue weighted by atomic mass is 9.99. The molecule has 9 aromatic rings. The summed E-state index contributed by atoms with van der Waals surface area (Å²) in [7, 11) is 0. The van der Waals surface area contributed by atoms with Gasteiger partial charge in [0.05, 0.1) is 23.1 Å². The highest BCUT2D eigenvalue weighted by molar-refractivity contribution is 6.09. The van der Waals surface area contributed by atoms with E-state index in [0.717, 1.165) is 72.2 Å². The highest BCUT2D eigenvalue weighted by Gasteiger charge is 2.19. The van der Waals surface area contributed by atoms with Crippen LogP contribution in [-0.2, 0) is 0 Å². The van der Waals surface area contributed by atoms with E-state index in [4.69, 9.17) is 9.40 Å². The van der Waals surface area contributed by atoms with E-state index in [1.807, 2.05) is 24.4 Å². The first-order valence-electron chi connectivity index (χ1n) is 16.2. The molecule has 0 amide bonds. The molecule has 0 bridgehead atoms. The lowest BCUT2D eigenvalue weighted by molar-refractivity contribution is 0.669. The molecule has 9 rings (SSSR count). The first-order chi connectivity index (χ1) is 23.8. The Labute approximate surface area is 279 Å². The predicted octanol–water partition coefficient (Wildman–Crippen LogP) is 12.6. The van der Waals surface area contributed by atoms with Crippen molar-refractivity contribution in [3.63, 3.8) is 0 Å². The van der Waals surface area contributed by atoms with E-state index in [-0.39, 0.29) is 0 Å². The van der Waals surface area contributed by atoms with Crippen molar-refractivity contribution in [1.82, 2.24) is 4.98 Å². The summed E-state index contributed by atoms with van der Waals surface area (Å²) in [5.41, 5.74) is 12.8. The first-order valence-corrected chi connectivity index (χ1v) is 16.2. The van der Waals surface area contributed by atoms with Crippen LogP contribution in [0.15, 0.2) is 187 Å². The number of fused-ring (bicyclic) bond motifs is 4. The van der Waals surface area contributed by atoms with Gasteiger partial charge in [-0.05, 0) is 70.3 Å². The van der Waals surface area contributed by atoms with Crippen molar-refractivity contribution >= 4 is 49.9 Å². The summed E-state index contributed by atoms with van der Waals surface area (Å²) in [6, 6.07) is 61.9. The number of hydrogen-bond acceptors (Lipinski definition) is 3. The van der Waals surface area contributed by atoms with Crippen LogP contribution in [0.1, 0.15) is 0 Å². The number of pyridine rings is 1. The van der Waals surface area contributed by atoms with E-state index in [2.05, 4.69) is 163 Å². The Bertz CT molecular complexity index is 2550. The minimum absolute atomic E-state index is 0.861. The van der Waals surface area contributed by atoms with Crippen molar-refractivity contribution in [2.75, 3.05) is 4.90 Å². The Morgan fingerprint density at radius 1 is 0.417 bits per heavy atom. The maximum absolute atomic E-state index is 6.27. The van der Waals surface area contributed by atoms with Gasteiger partial charge in [-0.25, -0.2) is 0 Å². The molecule has 7 aromatic carbocycles. The number of nitrogens with zero attached hydrogens (tertiary/aromatic N) is 2. The maximum atomic E-state index is 6.27. The van der Waals surface area contributed by atoms with Gasteiger partial charge in [-0.1, -0.05) is 133 Å². The van der Waals surface area contributed by atoms with Gasteiger partial charge in [0, 0.05) is 27.4 Å². The van der Waals surface area contributed by atoms with Crippen LogP contribution in [0.5, 0.6) is 0 Å². The smallest absolute Gasteiger partial charge is 0.136 e. The molecular formula is C45H30N2O. The normalized spacial score (nSPS) is 11.3. The van der Waals surface area contributed by atoms with Crippen molar-refractivity contribution in [3.8, 4) is 33.4 Å². The number of anilines is 3. The molecule has 0 aliphatic heterocycles. The number of hydrogen-bond donors (Lipinski definition) is 0. The molecule has 2 heterocycles. The fourth-order valence-electron chi connectivity index (χ4n) is 6.73. The summed E-state index contributed by atoms with van der Waals surface area (Å²) < 4.78 is 6.27. The molecule has 0 aliphatic rings. The fourth-order valence-corrected chi connectivity index (χ4v) is 6.73. The largest absolute Gasteiger partial charge is 0.456 e. The van der Waals surface area contributed by atoms with Crippen molar-refractivity contribution in [2.45, 2.75) is 0 Å². The third kappa shape index (κ3) is 4.99. The lowest BCUT2D eigenvalue weighted by Crippen LogP contribution is -2.11. The van der Waals surface area contributed by atoms with E-state index in [0.29, 0.717) is 0 Å². The SMILES string of the molecule is c1ccc(-c2ccc(-c3cccc(N(c4cnc5cc6c(cc5c4)oc4ccccc46)c4ccccc4-c4ccccc4)c3)cc2)cc1. The fraction of sp³-hybridized carbons (Fsp3) is 0. The number of para-hydroxylation sites is 2. The molecule has 0 aliphatic carbocycles. The molecule has 0 unspecified atom stereocenters. The van der Waals surface area contributed by atoms with E-state index < -0.39 is 0 Å². The second-order valence-corrected chi connectivity index (χ2v) is 12.0. The van der Waals surface area contributed by atoms with Gasteiger partial charge in [-0.2, -0.15) is 0 Å². The zero-order valence-corrected chi connectivity index (χ0v) is 26.1. The lowest BCUT2D eigenvalue weighted by Gasteiger charge is -2.28. The van der Waals surface area contributed by atoms with Crippen LogP contribution < -0.4 is 4.90 Å². The molecule has 0 N–H and O–H groups in total. The second-order valence-electron chi connectivity index (χ2n) is 12.0. The summed E-state index contributed by atoms with van der Waals surface area (Å²) in [5.74, 6) is 0. The molecule has 0 radical (unpaired) electrons. The van der Waals surface area contributed by atoms with E-state index >= 15 is 0 Å². The van der Waals surface area contributed by atoms with Crippen molar-refractivity contribution in [1.29, 1.82) is 0 Å². The van der Waals surface area contributed by atoms with E-state index in [1.165, 1.54) is 11.1 Å². The Hall–Kier alpha value is -6.45. The summed E-state index contributed by atoms with van der Waals surface area (Å²) in [6.07, 6.45) is 1.99. The molecule has 3 nitrogen and oxygen atoms in total. The van der Waals surface area contributed by atoms with Crippen LogP contribution in [0.3, 0.4) is 0 Å². The summed E-state index contributed by atoms with van der Waals surface area (Å²) in [6.45, 7) is 0. The van der Waals surface area contributed by atoms with Crippen LogP contribution in [0, 0.1) is 0 Å². The van der Waals surface area contributed by atoms with Crippen LogP contribution in [0.2, 0.25) is 0 Å². The quantitative estimate of drug-likeness (QED) is 0.187. The molecule has 0 spiro atoms. The Balaban J connectivity index is 1.20. The zero-order valence-electron chi connectivity index (χ0n) is 26.1. The topological polar surface area (TPSA) is 29.3 Å². The number of furan rings is 1. The third-order valence-electron chi connectivity index (χ3n) is 9.08. The van der Waals surface area contributed by atoms with Gasteiger partial charge in [-0.15, -0.1) is 0 Å². The molecular weight excluding hydrogens is 585 g/mol. The monoisotopic (exact) mass is 614 g/mol. The molecule has 48 heavy (non-hydrogen) atoms. The first kappa shape index (κ1) is 27.8. The molecule has 0 saturated heterocycles. The predicted molar refractivity (Wildman–Crippen MR) is 200 cm³/mol. The average Bonchev–Trinajstić information content (AvgIpc) is 3.52. The van der Waals surface area contributed by atoms with E-state index in [1.54, 1.807) is 0 Å². The number of rotatable bonds is 6. The van der Waals surface area contributed by atoms with E-state index in [9.17, 15) is 0 Å². The Morgan fingerprint density at radius 3 is 1.88 bits per heavy atom. The number of aromatic nitrogens is 1. The van der Waals surface area contributed by atoms with Gasteiger partial charge >= 0.3 is 0 Å². The van der Waals surface area contributed by atoms with Gasteiger partial charge < -0.3 is 9.32 Å². The molecule has 0 fully saturated rings. The minimum Gasteiger partial charge on any atom is -0.456 e. The molecule has 2 aromatic heterocycles. The van der Waals surface area contributed by atoms with Gasteiger partial charge in [0.15, 0.2) is 0 Å². The second kappa shape index (κ2) is 11.7. The zero-order chi connectivity index (χ0) is 31.9. The molecule has 0 saturated carbocycles. The maximum Gasteiger partial charge on any atom is 0.136 e. The minimum atomic E-state index is 0.861. The molecule has 0 atom stereocenters. The van der Waals surface area contributed by atoms with Gasteiger partial charge in [0.2, 0.25) is 0 Å². The van der Waals surface area contributed by atoms with Crippen LogP contribution in [0.4, 0.5) is 17.1 Å². The van der Waals surface area contributed by atoms with Crippen LogP contribution in [0.25, 0.3) is 66.2 Å². The van der Waals surface area contributed by atoms with Crippen molar-refractivity contribution < 1.29 is 4.42 Å².